The molecule has 0 aliphatic carbocycles. The van der Waals surface area contributed by atoms with E-state index in [1.807, 2.05) is 6.92 Å². The minimum absolute atomic E-state index is 0.284. The lowest BCUT2D eigenvalue weighted by Gasteiger charge is -2.02. The van der Waals surface area contributed by atoms with Gasteiger partial charge in [-0.15, -0.1) is 11.3 Å². The number of rotatable bonds is 2. The van der Waals surface area contributed by atoms with E-state index < -0.39 is 5.63 Å². The number of aryl methyl sites for hydroxylation is 1. The Hall–Kier alpha value is -2.34. The van der Waals surface area contributed by atoms with E-state index >= 15 is 0 Å². The van der Waals surface area contributed by atoms with E-state index in [2.05, 4.69) is 4.98 Å². The summed E-state index contributed by atoms with van der Waals surface area (Å²) in [7, 11) is 1.59. The van der Waals surface area contributed by atoms with Crippen LogP contribution < -0.4 is 16.1 Å². The van der Waals surface area contributed by atoms with Crippen molar-refractivity contribution in [1.29, 1.82) is 0 Å². The third-order valence-electron chi connectivity index (χ3n) is 3.05. The van der Waals surface area contributed by atoms with Crippen LogP contribution in [0, 0.1) is 6.92 Å². The van der Waals surface area contributed by atoms with Crippen LogP contribution in [0.25, 0.3) is 21.7 Å². The van der Waals surface area contributed by atoms with Crippen LogP contribution in [0.5, 0.6) is 5.75 Å². The first-order valence-corrected chi connectivity index (χ1v) is 6.76. The van der Waals surface area contributed by atoms with Gasteiger partial charge in [0.1, 0.15) is 16.0 Å². The number of methoxy groups -OCH3 is 1. The third kappa shape index (κ3) is 1.94. The molecule has 0 saturated heterocycles. The number of hydrogen-bond acceptors (Lipinski definition) is 6. The van der Waals surface area contributed by atoms with Crippen molar-refractivity contribution in [2.45, 2.75) is 6.92 Å². The maximum atomic E-state index is 12.0. The van der Waals surface area contributed by atoms with Crippen molar-refractivity contribution in [3.8, 4) is 17.2 Å². The lowest BCUT2D eigenvalue weighted by molar-refractivity contribution is 0.415. The molecule has 3 aromatic rings. The van der Waals surface area contributed by atoms with E-state index in [9.17, 15) is 4.79 Å². The van der Waals surface area contributed by atoms with Crippen molar-refractivity contribution in [1.82, 2.24) is 4.98 Å². The molecule has 6 heteroatoms. The number of nitrogens with two attached hydrogens (primary N) is 1. The minimum Gasteiger partial charge on any atom is -0.497 e. The summed E-state index contributed by atoms with van der Waals surface area (Å²) in [5.74, 6) is 1.01. The Morgan fingerprint density at radius 3 is 2.65 bits per heavy atom. The lowest BCUT2D eigenvalue weighted by Crippen LogP contribution is -2.03. The average molecular weight is 288 g/mol. The van der Waals surface area contributed by atoms with Crippen LogP contribution in [0.4, 0.5) is 5.69 Å². The fraction of sp³-hybridized carbons (Fsp3) is 0.143. The second-order valence-corrected chi connectivity index (χ2v) is 5.49. The largest absolute Gasteiger partial charge is 0.497 e. The highest BCUT2D eigenvalue weighted by Gasteiger charge is 2.15. The Balaban J connectivity index is 2.19. The Morgan fingerprint density at radius 2 is 2.00 bits per heavy atom. The zero-order valence-electron chi connectivity index (χ0n) is 11.0. The zero-order valence-corrected chi connectivity index (χ0v) is 11.8. The standard InChI is InChI=1S/C14H12N2O3S/c1-7-11(15)10-13(20-7)16-12(19-14(10)17)8-3-5-9(18-2)6-4-8/h3-6H,15H2,1-2H3. The monoisotopic (exact) mass is 288 g/mol. The molecule has 0 aliphatic heterocycles. The van der Waals surface area contributed by atoms with Gasteiger partial charge in [0.2, 0.25) is 5.89 Å². The highest BCUT2D eigenvalue weighted by Crippen LogP contribution is 2.31. The van der Waals surface area contributed by atoms with Crippen molar-refractivity contribution in [3.63, 3.8) is 0 Å². The molecule has 0 radical (unpaired) electrons. The molecule has 20 heavy (non-hydrogen) atoms. The van der Waals surface area contributed by atoms with Gasteiger partial charge in [0.15, 0.2) is 0 Å². The van der Waals surface area contributed by atoms with E-state index in [1.165, 1.54) is 11.3 Å². The molecule has 0 saturated carbocycles. The normalized spacial score (nSPS) is 10.9. The lowest BCUT2D eigenvalue weighted by atomic mass is 10.2. The van der Waals surface area contributed by atoms with Crippen molar-refractivity contribution in [2.75, 3.05) is 12.8 Å². The summed E-state index contributed by atoms with van der Waals surface area (Å²) in [6, 6.07) is 7.16. The predicted octanol–water partition coefficient (Wildman–Crippen LogP) is 2.82. The van der Waals surface area contributed by atoms with Gasteiger partial charge < -0.3 is 14.9 Å². The summed E-state index contributed by atoms with van der Waals surface area (Å²) in [6.07, 6.45) is 0. The second kappa shape index (κ2) is 4.64. The van der Waals surface area contributed by atoms with Gasteiger partial charge in [-0.3, -0.25) is 0 Å². The van der Waals surface area contributed by atoms with Gasteiger partial charge in [0.25, 0.3) is 0 Å². The number of nitrogen functional groups attached to an aromatic ring is 1. The van der Waals surface area contributed by atoms with Crippen LogP contribution >= 0.6 is 11.3 Å². The quantitative estimate of drug-likeness (QED) is 0.784. The van der Waals surface area contributed by atoms with Gasteiger partial charge in [0, 0.05) is 10.4 Å². The molecule has 0 amide bonds. The Bertz CT molecular complexity index is 834. The highest BCUT2D eigenvalue weighted by atomic mass is 32.1. The SMILES string of the molecule is COc1ccc(-c2nc3sc(C)c(N)c3c(=O)o2)cc1. The number of aromatic nitrogens is 1. The topological polar surface area (TPSA) is 78.4 Å². The van der Waals surface area contributed by atoms with E-state index in [4.69, 9.17) is 14.9 Å². The van der Waals surface area contributed by atoms with Crippen molar-refractivity contribution in [3.05, 3.63) is 39.6 Å². The van der Waals surface area contributed by atoms with Crippen LogP contribution in [0.15, 0.2) is 33.5 Å². The summed E-state index contributed by atoms with van der Waals surface area (Å²) in [6.45, 7) is 1.86. The third-order valence-corrected chi connectivity index (χ3v) is 4.06. The van der Waals surface area contributed by atoms with Crippen LogP contribution in [0.2, 0.25) is 0 Å². The molecule has 2 N–H and O–H groups in total. The van der Waals surface area contributed by atoms with E-state index in [-0.39, 0.29) is 5.89 Å². The second-order valence-electron chi connectivity index (χ2n) is 4.29. The highest BCUT2D eigenvalue weighted by molar-refractivity contribution is 7.19. The fourth-order valence-electron chi connectivity index (χ4n) is 1.93. The molecular formula is C14H12N2O3S. The summed E-state index contributed by atoms with van der Waals surface area (Å²) < 4.78 is 10.4. The average Bonchev–Trinajstić information content (AvgIpc) is 2.74. The van der Waals surface area contributed by atoms with Crippen molar-refractivity contribution < 1.29 is 9.15 Å². The molecule has 0 unspecified atom stereocenters. The molecule has 0 fully saturated rings. The Kier molecular flexibility index (Phi) is 2.94. The molecule has 1 aromatic carbocycles. The molecule has 2 heterocycles. The van der Waals surface area contributed by atoms with Crippen molar-refractivity contribution >= 4 is 27.2 Å². The number of thiophene rings is 1. The molecule has 0 aliphatic rings. The molecule has 102 valence electrons. The first kappa shape index (κ1) is 12.7. The molecule has 0 spiro atoms. The van der Waals surface area contributed by atoms with Crippen molar-refractivity contribution in [2.24, 2.45) is 0 Å². The maximum Gasteiger partial charge on any atom is 0.350 e. The summed E-state index contributed by atoms with van der Waals surface area (Å²) >= 11 is 1.39. The molecule has 0 atom stereocenters. The molecular weight excluding hydrogens is 276 g/mol. The van der Waals surface area contributed by atoms with Gasteiger partial charge >= 0.3 is 5.63 Å². The predicted molar refractivity (Wildman–Crippen MR) is 79.3 cm³/mol. The number of ether oxygens (including phenoxy) is 1. The van der Waals surface area contributed by atoms with E-state index in [0.717, 1.165) is 16.2 Å². The molecule has 2 aromatic heterocycles. The van der Waals surface area contributed by atoms with Gasteiger partial charge in [0.05, 0.1) is 12.8 Å². The molecule has 3 rings (SSSR count). The van der Waals surface area contributed by atoms with E-state index in [1.54, 1.807) is 31.4 Å². The Labute approximate surface area is 118 Å². The van der Waals surface area contributed by atoms with Gasteiger partial charge in [-0.2, -0.15) is 0 Å². The van der Waals surface area contributed by atoms with Gasteiger partial charge in [-0.25, -0.2) is 9.78 Å². The van der Waals surface area contributed by atoms with Crippen LogP contribution in [-0.4, -0.2) is 12.1 Å². The van der Waals surface area contributed by atoms with Gasteiger partial charge in [-0.1, -0.05) is 0 Å². The minimum atomic E-state index is -0.456. The Morgan fingerprint density at radius 1 is 1.30 bits per heavy atom. The number of hydrogen-bond donors (Lipinski definition) is 1. The smallest absolute Gasteiger partial charge is 0.350 e. The first-order chi connectivity index (χ1) is 9.60. The van der Waals surface area contributed by atoms with Gasteiger partial charge in [-0.05, 0) is 31.2 Å². The van der Waals surface area contributed by atoms with Crippen LogP contribution in [0.1, 0.15) is 4.88 Å². The molecule has 0 bridgehead atoms. The molecule has 5 nitrogen and oxygen atoms in total. The summed E-state index contributed by atoms with van der Waals surface area (Å²) in [5.41, 5.74) is 6.57. The first-order valence-electron chi connectivity index (χ1n) is 5.94. The van der Waals surface area contributed by atoms with E-state index in [0.29, 0.717) is 15.9 Å². The summed E-state index contributed by atoms with van der Waals surface area (Å²) in [4.78, 5) is 17.9. The number of benzene rings is 1. The number of anilines is 1. The number of nitrogens with zero attached hydrogens (tertiary/aromatic N) is 1. The maximum absolute atomic E-state index is 12.0. The summed E-state index contributed by atoms with van der Waals surface area (Å²) in [5, 5.41) is 0.366. The fourth-order valence-corrected chi connectivity index (χ4v) is 2.86. The van der Waals surface area contributed by atoms with Crippen LogP contribution in [-0.2, 0) is 0 Å². The number of fused-ring (bicyclic) bond motifs is 1. The zero-order chi connectivity index (χ0) is 14.3. The van der Waals surface area contributed by atoms with Crippen LogP contribution in [0.3, 0.4) is 0 Å².